The van der Waals surface area contributed by atoms with Crippen LogP contribution in [0.4, 0.5) is 0 Å². The molecule has 0 aliphatic rings. The summed E-state index contributed by atoms with van der Waals surface area (Å²) in [4.78, 5) is 9.35. The molecule has 2 aromatic carbocycles. The van der Waals surface area contributed by atoms with Crippen LogP contribution in [0.1, 0.15) is 6.92 Å². The fourth-order valence-corrected chi connectivity index (χ4v) is 2.78. The summed E-state index contributed by atoms with van der Waals surface area (Å²) in [5.74, 6) is 0. The molecule has 4 aromatic rings. The lowest BCUT2D eigenvalue weighted by atomic mass is 10.2. The quantitative estimate of drug-likeness (QED) is 0.520. The molecular formula is C17H15ClN2O. The van der Waals surface area contributed by atoms with Crippen molar-refractivity contribution < 1.29 is 22.2 Å². The van der Waals surface area contributed by atoms with Gasteiger partial charge in [0.1, 0.15) is 6.61 Å². The smallest absolute Gasteiger partial charge is 0.241 e. The SMILES string of the molecule is CCOn1c2ccccc2c2[nH+]c3ccccc3cc21.[Cl-]. The molecule has 0 saturated carbocycles. The van der Waals surface area contributed by atoms with E-state index in [0.29, 0.717) is 6.61 Å². The van der Waals surface area contributed by atoms with Crippen molar-refractivity contribution in [3.05, 3.63) is 54.6 Å². The molecule has 106 valence electrons. The van der Waals surface area contributed by atoms with Gasteiger partial charge in [0.05, 0.1) is 10.9 Å². The number of pyridine rings is 1. The molecular weight excluding hydrogens is 284 g/mol. The van der Waals surface area contributed by atoms with E-state index < -0.39 is 0 Å². The molecule has 0 atom stereocenters. The van der Waals surface area contributed by atoms with Crippen LogP contribution < -0.4 is 22.2 Å². The number of H-pyrrole nitrogens is 1. The fraction of sp³-hybridized carbons (Fsp3) is 0.118. The van der Waals surface area contributed by atoms with Crippen LogP contribution in [0, 0.1) is 0 Å². The normalized spacial score (nSPS) is 10.9. The Labute approximate surface area is 128 Å². The lowest BCUT2D eigenvalue weighted by Gasteiger charge is -2.05. The van der Waals surface area contributed by atoms with Crippen molar-refractivity contribution in [2.24, 2.45) is 0 Å². The van der Waals surface area contributed by atoms with Crippen LogP contribution in [-0.2, 0) is 0 Å². The van der Waals surface area contributed by atoms with Gasteiger partial charge in [0.15, 0.2) is 5.52 Å². The van der Waals surface area contributed by atoms with Crippen LogP contribution >= 0.6 is 0 Å². The summed E-state index contributed by atoms with van der Waals surface area (Å²) in [5.41, 5.74) is 4.43. The number of aromatic amines is 1. The standard InChI is InChI=1S/C17H14N2O.ClH/c1-2-20-19-15-10-6-4-8-13(15)17-16(19)11-12-7-3-5-9-14(12)18-17;/h3-11H,2H2,1H3;1H. The highest BCUT2D eigenvalue weighted by molar-refractivity contribution is 6.05. The molecule has 0 spiro atoms. The zero-order chi connectivity index (χ0) is 13.5. The van der Waals surface area contributed by atoms with Crippen molar-refractivity contribution in [3.8, 4) is 0 Å². The fourth-order valence-electron chi connectivity index (χ4n) is 2.78. The van der Waals surface area contributed by atoms with Crippen molar-refractivity contribution in [3.63, 3.8) is 0 Å². The Kier molecular flexibility index (Phi) is 3.43. The molecule has 0 unspecified atom stereocenters. The van der Waals surface area contributed by atoms with Crippen molar-refractivity contribution in [2.75, 3.05) is 6.61 Å². The predicted octanol–water partition coefficient (Wildman–Crippen LogP) is 0.214. The van der Waals surface area contributed by atoms with E-state index in [1.807, 2.05) is 23.8 Å². The highest BCUT2D eigenvalue weighted by Gasteiger charge is 2.17. The van der Waals surface area contributed by atoms with Gasteiger partial charge in [0.25, 0.3) is 0 Å². The van der Waals surface area contributed by atoms with E-state index in [9.17, 15) is 0 Å². The second kappa shape index (κ2) is 5.26. The zero-order valence-corrected chi connectivity index (χ0v) is 12.4. The van der Waals surface area contributed by atoms with Crippen LogP contribution in [0.3, 0.4) is 0 Å². The average Bonchev–Trinajstić information content (AvgIpc) is 2.80. The number of fused-ring (bicyclic) bond motifs is 4. The van der Waals surface area contributed by atoms with E-state index in [4.69, 9.17) is 4.84 Å². The number of nitrogens with one attached hydrogen (secondary N) is 1. The summed E-state index contributed by atoms with van der Waals surface area (Å²) in [7, 11) is 0. The Bertz CT molecular complexity index is 930. The lowest BCUT2D eigenvalue weighted by molar-refractivity contribution is -0.309. The molecule has 0 amide bonds. The summed E-state index contributed by atoms with van der Waals surface area (Å²) >= 11 is 0. The molecule has 4 rings (SSSR count). The third-order valence-corrected chi connectivity index (χ3v) is 3.64. The molecule has 0 bridgehead atoms. The maximum atomic E-state index is 5.82. The third kappa shape index (κ3) is 2.01. The van der Waals surface area contributed by atoms with Gasteiger partial charge in [0, 0.05) is 11.5 Å². The van der Waals surface area contributed by atoms with Gasteiger partial charge >= 0.3 is 0 Å². The van der Waals surface area contributed by atoms with Crippen molar-refractivity contribution >= 4 is 32.8 Å². The number of rotatable bonds is 2. The van der Waals surface area contributed by atoms with E-state index in [-0.39, 0.29) is 12.4 Å². The van der Waals surface area contributed by atoms with Gasteiger partial charge in [-0.2, -0.15) is 4.73 Å². The third-order valence-electron chi connectivity index (χ3n) is 3.64. The first-order valence-corrected chi connectivity index (χ1v) is 6.86. The Balaban J connectivity index is 0.00000132. The number of para-hydroxylation sites is 2. The van der Waals surface area contributed by atoms with Gasteiger partial charge in [-0.1, -0.05) is 24.3 Å². The number of aromatic nitrogens is 2. The van der Waals surface area contributed by atoms with E-state index in [1.54, 1.807) is 0 Å². The maximum absolute atomic E-state index is 5.82. The first kappa shape index (κ1) is 13.7. The van der Waals surface area contributed by atoms with Crippen molar-refractivity contribution in [1.82, 2.24) is 4.73 Å². The summed E-state index contributed by atoms with van der Waals surface area (Å²) < 4.78 is 1.92. The summed E-state index contributed by atoms with van der Waals surface area (Å²) in [6.07, 6.45) is 0. The zero-order valence-electron chi connectivity index (χ0n) is 11.6. The minimum absolute atomic E-state index is 0. The van der Waals surface area contributed by atoms with E-state index in [1.165, 1.54) is 10.8 Å². The molecule has 2 heterocycles. The minimum atomic E-state index is 0. The molecule has 1 N–H and O–H groups in total. The number of hydrogen-bond acceptors (Lipinski definition) is 1. The number of hydrogen-bond donors (Lipinski definition) is 0. The Morgan fingerprint density at radius 3 is 2.62 bits per heavy atom. The summed E-state index contributed by atoms with van der Waals surface area (Å²) in [5, 5.41) is 2.37. The van der Waals surface area contributed by atoms with Crippen molar-refractivity contribution in [2.45, 2.75) is 6.92 Å². The molecule has 0 fully saturated rings. The highest BCUT2D eigenvalue weighted by Crippen LogP contribution is 2.26. The molecule has 0 saturated heterocycles. The molecule has 4 heteroatoms. The van der Waals surface area contributed by atoms with Gasteiger partial charge < -0.3 is 17.2 Å². The lowest BCUT2D eigenvalue weighted by Crippen LogP contribution is -3.00. The summed E-state index contributed by atoms with van der Waals surface area (Å²) in [6, 6.07) is 18.8. The molecule has 0 radical (unpaired) electrons. The minimum Gasteiger partial charge on any atom is -1.00 e. The Hall–Kier alpha value is -2.26. The topological polar surface area (TPSA) is 28.3 Å². The number of halogens is 1. The molecule has 0 aliphatic heterocycles. The maximum Gasteiger partial charge on any atom is 0.241 e. The van der Waals surface area contributed by atoms with Gasteiger partial charge in [-0.3, -0.25) is 0 Å². The Morgan fingerprint density at radius 2 is 1.76 bits per heavy atom. The van der Waals surface area contributed by atoms with Crippen LogP contribution in [-0.4, -0.2) is 11.3 Å². The number of benzene rings is 2. The molecule has 2 aromatic heterocycles. The second-order valence-electron chi connectivity index (χ2n) is 4.85. The van der Waals surface area contributed by atoms with Gasteiger partial charge in [-0.05, 0) is 31.2 Å². The van der Waals surface area contributed by atoms with E-state index >= 15 is 0 Å². The first-order chi connectivity index (χ1) is 9.88. The second-order valence-corrected chi connectivity index (χ2v) is 4.85. The van der Waals surface area contributed by atoms with Crippen LogP contribution in [0.2, 0.25) is 0 Å². The largest absolute Gasteiger partial charge is 1.00 e. The summed E-state index contributed by atoms with van der Waals surface area (Å²) in [6.45, 7) is 2.64. The van der Waals surface area contributed by atoms with Crippen LogP contribution in [0.15, 0.2) is 54.6 Å². The number of nitrogens with zero attached hydrogens (tertiary/aromatic N) is 1. The predicted molar refractivity (Wildman–Crippen MR) is 80.6 cm³/mol. The van der Waals surface area contributed by atoms with Crippen LogP contribution in [0.25, 0.3) is 32.8 Å². The van der Waals surface area contributed by atoms with Gasteiger partial charge in [0.2, 0.25) is 11.0 Å². The molecule has 0 aliphatic carbocycles. The van der Waals surface area contributed by atoms with Gasteiger partial charge in [-0.15, -0.1) is 0 Å². The van der Waals surface area contributed by atoms with Crippen molar-refractivity contribution in [1.29, 1.82) is 0 Å². The molecule has 21 heavy (non-hydrogen) atoms. The average molecular weight is 299 g/mol. The monoisotopic (exact) mass is 298 g/mol. The molecule has 3 nitrogen and oxygen atoms in total. The van der Waals surface area contributed by atoms with Crippen LogP contribution in [0.5, 0.6) is 0 Å². The van der Waals surface area contributed by atoms with E-state index in [2.05, 4.69) is 47.4 Å². The Morgan fingerprint density at radius 1 is 1.00 bits per heavy atom. The van der Waals surface area contributed by atoms with Gasteiger partial charge in [-0.25, -0.2) is 4.98 Å². The van der Waals surface area contributed by atoms with E-state index in [0.717, 1.165) is 22.1 Å². The highest BCUT2D eigenvalue weighted by atomic mass is 35.5. The first-order valence-electron chi connectivity index (χ1n) is 6.86.